The molecule has 0 aliphatic heterocycles. The number of aromatic nitrogens is 2. The molecular weight excluding hydrogens is 380 g/mol. The van der Waals surface area contributed by atoms with E-state index in [0.29, 0.717) is 10.6 Å². The highest BCUT2D eigenvalue weighted by atomic mass is 35.5. The molecule has 3 aromatic rings. The Morgan fingerprint density at radius 3 is 2.50 bits per heavy atom. The summed E-state index contributed by atoms with van der Waals surface area (Å²) in [6.07, 6.45) is 0. The Hall–Kier alpha value is -3.32. The Bertz CT molecular complexity index is 1150. The molecule has 0 saturated heterocycles. The van der Waals surface area contributed by atoms with Gasteiger partial charge in [0.1, 0.15) is 5.82 Å². The maximum Gasteiger partial charge on any atom is 0.329 e. The molecule has 1 aromatic heterocycles. The van der Waals surface area contributed by atoms with Crippen molar-refractivity contribution in [2.45, 2.75) is 13.5 Å². The topological polar surface area (TPSA) is 101 Å². The van der Waals surface area contributed by atoms with E-state index in [1.165, 1.54) is 11.9 Å². The van der Waals surface area contributed by atoms with Crippen molar-refractivity contribution in [2.24, 2.45) is 7.05 Å². The molecule has 144 valence electrons. The van der Waals surface area contributed by atoms with E-state index in [4.69, 9.17) is 17.3 Å². The van der Waals surface area contributed by atoms with Crippen LogP contribution in [0.3, 0.4) is 0 Å². The second-order valence-electron chi connectivity index (χ2n) is 6.44. The van der Waals surface area contributed by atoms with Gasteiger partial charge in [-0.3, -0.25) is 24.0 Å². The summed E-state index contributed by atoms with van der Waals surface area (Å²) in [5.41, 5.74) is 6.63. The number of nitrogen functional groups attached to an aromatic ring is 1. The number of anilines is 2. The number of nitrogens with two attached hydrogens (primary N) is 1. The van der Waals surface area contributed by atoms with Gasteiger partial charge in [0.25, 0.3) is 11.5 Å². The molecule has 0 radical (unpaired) electrons. The second-order valence-corrected chi connectivity index (χ2v) is 6.88. The van der Waals surface area contributed by atoms with E-state index in [1.807, 2.05) is 13.0 Å². The Kier molecular flexibility index (Phi) is 5.37. The average molecular weight is 399 g/mol. The van der Waals surface area contributed by atoms with E-state index in [0.717, 1.165) is 15.7 Å². The Morgan fingerprint density at radius 1 is 1.18 bits per heavy atom. The van der Waals surface area contributed by atoms with Crippen molar-refractivity contribution in [1.29, 1.82) is 0 Å². The fourth-order valence-electron chi connectivity index (χ4n) is 2.84. The molecule has 8 heteroatoms. The molecule has 3 N–H and O–H groups in total. The van der Waals surface area contributed by atoms with Crippen LogP contribution in [-0.4, -0.2) is 15.5 Å². The first-order valence-electron chi connectivity index (χ1n) is 8.49. The molecule has 1 amide bonds. The maximum atomic E-state index is 13.3. The number of aryl methyl sites for hydroxylation is 1. The van der Waals surface area contributed by atoms with Crippen molar-refractivity contribution < 1.29 is 4.79 Å². The predicted molar refractivity (Wildman–Crippen MR) is 110 cm³/mol. The number of hydrogen-bond donors (Lipinski definition) is 2. The van der Waals surface area contributed by atoms with Gasteiger partial charge in [-0.15, -0.1) is 0 Å². The van der Waals surface area contributed by atoms with Crippen molar-refractivity contribution in [2.75, 3.05) is 10.6 Å². The van der Waals surface area contributed by atoms with E-state index >= 15 is 0 Å². The van der Waals surface area contributed by atoms with Gasteiger partial charge in [-0.1, -0.05) is 41.4 Å². The van der Waals surface area contributed by atoms with Gasteiger partial charge in [0.15, 0.2) is 5.69 Å². The summed E-state index contributed by atoms with van der Waals surface area (Å²) in [4.78, 5) is 41.1. The summed E-state index contributed by atoms with van der Waals surface area (Å²) < 4.78 is 1.09. The lowest BCUT2D eigenvalue weighted by Gasteiger charge is -2.24. The zero-order chi connectivity index (χ0) is 20.4. The van der Waals surface area contributed by atoms with Gasteiger partial charge in [0.2, 0.25) is 0 Å². The summed E-state index contributed by atoms with van der Waals surface area (Å²) in [5.74, 6) is -0.502. The normalized spacial score (nSPS) is 10.7. The number of hydrogen-bond acceptors (Lipinski definition) is 4. The number of benzene rings is 2. The summed E-state index contributed by atoms with van der Waals surface area (Å²) in [7, 11) is 1.43. The van der Waals surface area contributed by atoms with Crippen molar-refractivity contribution >= 4 is 29.0 Å². The minimum Gasteiger partial charge on any atom is -0.383 e. The van der Waals surface area contributed by atoms with Crippen molar-refractivity contribution in [3.8, 4) is 0 Å². The summed E-state index contributed by atoms with van der Waals surface area (Å²) >= 11 is 5.94. The number of nitrogens with zero attached hydrogens (tertiary/aromatic N) is 2. The lowest BCUT2D eigenvalue weighted by Crippen LogP contribution is -2.40. The highest BCUT2D eigenvalue weighted by molar-refractivity contribution is 6.30. The molecule has 0 aliphatic rings. The zero-order valence-electron chi connectivity index (χ0n) is 15.4. The minimum absolute atomic E-state index is 0.0788. The van der Waals surface area contributed by atoms with Crippen molar-refractivity contribution in [3.05, 3.63) is 91.1 Å². The number of halogens is 1. The Balaban J connectivity index is 2.16. The van der Waals surface area contributed by atoms with Crippen LogP contribution in [-0.2, 0) is 13.6 Å². The average Bonchev–Trinajstić information content (AvgIpc) is 2.66. The van der Waals surface area contributed by atoms with Crippen LogP contribution in [0.1, 0.15) is 21.5 Å². The van der Waals surface area contributed by atoms with Gasteiger partial charge in [0, 0.05) is 17.6 Å². The summed E-state index contributed by atoms with van der Waals surface area (Å²) in [5, 5.41) is 0.555. The maximum absolute atomic E-state index is 13.3. The SMILES string of the molecule is Cc1cccc(C(=O)N(Cc2ccc(Cl)cc2)c2c(N)n(C)c(=O)[nH]c2=O)c1. The largest absolute Gasteiger partial charge is 0.383 e. The fourth-order valence-corrected chi connectivity index (χ4v) is 2.97. The third kappa shape index (κ3) is 3.84. The summed E-state index contributed by atoms with van der Waals surface area (Å²) in [6, 6.07) is 13.9. The van der Waals surface area contributed by atoms with Crippen LogP contribution in [0.15, 0.2) is 58.1 Å². The van der Waals surface area contributed by atoms with Crippen molar-refractivity contribution in [3.63, 3.8) is 0 Å². The van der Waals surface area contributed by atoms with Crippen LogP contribution in [0.25, 0.3) is 0 Å². The Labute approximate surface area is 166 Å². The van der Waals surface area contributed by atoms with E-state index < -0.39 is 17.2 Å². The van der Waals surface area contributed by atoms with Crippen LogP contribution in [0, 0.1) is 6.92 Å². The van der Waals surface area contributed by atoms with Gasteiger partial charge >= 0.3 is 5.69 Å². The number of aromatic amines is 1. The zero-order valence-corrected chi connectivity index (χ0v) is 16.2. The van der Waals surface area contributed by atoms with Crippen LogP contribution in [0.2, 0.25) is 5.02 Å². The fraction of sp³-hybridized carbons (Fsp3) is 0.150. The second kappa shape index (κ2) is 7.74. The number of carbonyl (C=O) groups is 1. The number of amides is 1. The molecule has 1 heterocycles. The lowest BCUT2D eigenvalue weighted by molar-refractivity contribution is 0.0984. The first-order chi connectivity index (χ1) is 13.3. The van der Waals surface area contributed by atoms with Crippen LogP contribution in [0.5, 0.6) is 0 Å². The highest BCUT2D eigenvalue weighted by Gasteiger charge is 2.25. The van der Waals surface area contributed by atoms with Gasteiger partial charge in [0.05, 0.1) is 6.54 Å². The molecule has 28 heavy (non-hydrogen) atoms. The monoisotopic (exact) mass is 398 g/mol. The van der Waals surface area contributed by atoms with Gasteiger partial charge in [-0.05, 0) is 36.8 Å². The molecule has 0 aliphatic carbocycles. The highest BCUT2D eigenvalue weighted by Crippen LogP contribution is 2.22. The van der Waals surface area contributed by atoms with Gasteiger partial charge in [-0.25, -0.2) is 4.79 Å². The van der Waals surface area contributed by atoms with E-state index in [1.54, 1.807) is 42.5 Å². The third-order valence-electron chi connectivity index (χ3n) is 4.38. The molecule has 7 nitrogen and oxygen atoms in total. The smallest absolute Gasteiger partial charge is 0.329 e. The molecule has 0 unspecified atom stereocenters. The Morgan fingerprint density at radius 2 is 1.86 bits per heavy atom. The molecule has 2 aromatic carbocycles. The van der Waals surface area contributed by atoms with Gasteiger partial charge in [-0.2, -0.15) is 0 Å². The number of carbonyl (C=O) groups excluding carboxylic acids is 1. The van der Waals surface area contributed by atoms with E-state index in [-0.39, 0.29) is 18.1 Å². The third-order valence-corrected chi connectivity index (χ3v) is 4.63. The van der Waals surface area contributed by atoms with E-state index in [2.05, 4.69) is 4.98 Å². The van der Waals surface area contributed by atoms with Crippen LogP contribution in [0.4, 0.5) is 11.5 Å². The number of H-pyrrole nitrogens is 1. The quantitative estimate of drug-likeness (QED) is 0.704. The van der Waals surface area contributed by atoms with Gasteiger partial charge < -0.3 is 5.73 Å². The first kappa shape index (κ1) is 19.4. The molecule has 0 spiro atoms. The lowest BCUT2D eigenvalue weighted by atomic mass is 10.1. The predicted octanol–water partition coefficient (Wildman–Crippen LogP) is 2.46. The molecule has 0 bridgehead atoms. The molecule has 0 fully saturated rings. The first-order valence-corrected chi connectivity index (χ1v) is 8.87. The number of nitrogens with one attached hydrogen (secondary N) is 1. The minimum atomic E-state index is -0.726. The van der Waals surface area contributed by atoms with E-state index in [9.17, 15) is 14.4 Å². The molecule has 3 rings (SSSR count). The van der Waals surface area contributed by atoms with Crippen molar-refractivity contribution in [1.82, 2.24) is 9.55 Å². The molecular formula is C20H19ClN4O3. The standard InChI is InChI=1S/C20H19ClN4O3/c1-12-4-3-5-14(10-12)19(27)25(11-13-6-8-15(21)9-7-13)16-17(22)24(2)20(28)23-18(16)26/h3-10H,11,22H2,1-2H3,(H,23,26,28). The number of rotatable bonds is 4. The molecule has 0 saturated carbocycles. The summed E-state index contributed by atoms with van der Waals surface area (Å²) in [6.45, 7) is 1.95. The van der Waals surface area contributed by atoms with Crippen LogP contribution >= 0.6 is 11.6 Å². The van der Waals surface area contributed by atoms with Crippen LogP contribution < -0.4 is 21.9 Å². The molecule has 0 atom stereocenters.